The van der Waals surface area contributed by atoms with Gasteiger partial charge in [-0.2, -0.15) is 0 Å². The Morgan fingerprint density at radius 3 is 0.232 bits per heavy atom. The zero-order chi connectivity index (χ0) is 56.5. The van der Waals surface area contributed by atoms with Crippen LogP contribution in [-0.2, 0) is 53.1 Å². The van der Waals surface area contributed by atoms with E-state index in [2.05, 4.69) is 0 Å². The number of hydrogen-bond acceptors (Lipinski definition) is 16. The van der Waals surface area contributed by atoms with Gasteiger partial charge in [-0.3, -0.25) is 0 Å². The first kappa shape index (κ1) is 79.5. The van der Waals surface area contributed by atoms with E-state index in [0.29, 0.717) is 0 Å². The summed E-state index contributed by atoms with van der Waals surface area (Å²) in [5, 5.41) is 0. The van der Waals surface area contributed by atoms with E-state index in [4.69, 9.17) is 53.1 Å². The van der Waals surface area contributed by atoms with E-state index < -0.39 is 103 Å². The van der Waals surface area contributed by atoms with Crippen molar-refractivity contribution in [1.82, 2.24) is 0 Å². The second-order valence-corrected chi connectivity index (χ2v) is 35.0. The third-order valence-corrected chi connectivity index (χ3v) is 15.5. The maximum atomic E-state index is 12.6. The zero-order valence-corrected chi connectivity index (χ0v) is 58.2. The largest absolute Gasteiger partial charge is 4.00 e. The number of rotatable bonds is 12. The van der Waals surface area contributed by atoms with Gasteiger partial charge in [0.1, 0.15) is 0 Å². The molecular weight excluding hydrogens is 1080 g/mol. The van der Waals surface area contributed by atoms with E-state index >= 15 is 0 Å². The topological polar surface area (TPSA) is 203 Å². The Bertz CT molecular complexity index is 1040. The molecule has 0 N–H and O–H groups in total. The van der Waals surface area contributed by atoms with Crippen LogP contribution in [0.1, 0.15) is 249 Å². The molecule has 0 aromatic rings. The van der Waals surface area contributed by atoms with Crippen molar-refractivity contribution in [3.63, 3.8) is 0 Å². The molecule has 0 aliphatic carbocycles. The van der Waals surface area contributed by atoms with Crippen LogP contribution in [-0.4, -0.2) is 103 Å². The normalized spacial score (nSPS) is 15.0. The molecule has 0 aromatic carbocycles. The first-order chi connectivity index (χ1) is 28.5. The molecule has 0 unspecified atom stereocenters. The summed E-state index contributed by atoms with van der Waals surface area (Å²) in [6.07, 6.45) is 0. The Hall–Kier alpha value is 1.60. The van der Waals surface area contributed by atoms with Crippen LogP contribution in [0.15, 0.2) is 0 Å². The molecule has 16 nitrogen and oxygen atoms in total. The van der Waals surface area contributed by atoms with Gasteiger partial charge in [0.2, 0.25) is 0 Å². The molecule has 69 heavy (non-hydrogen) atoms. The average Bonchev–Trinajstić information content (AvgIpc) is 2.73. The summed E-state index contributed by atoms with van der Waals surface area (Å²) >= 11 is 0. The summed E-state index contributed by atoms with van der Waals surface area (Å²) in [4.78, 5) is 50.5. The van der Waals surface area contributed by atoms with Crippen LogP contribution in [0.5, 0.6) is 0 Å². The Labute approximate surface area is 463 Å². The fourth-order valence-electron chi connectivity index (χ4n) is 4.75. The predicted molar refractivity (Wildman–Crippen MR) is 273 cm³/mol. The second kappa shape index (κ2) is 27.3. The van der Waals surface area contributed by atoms with Crippen molar-refractivity contribution < 1.29 is 114 Å². The SMILES string of the molecule is CC(C)(C)O[Si]([O-])(OC(C)(C)C)OC(C)(C)C.CC(C)(C)O[Si]([O-])(OC(C)(C)C)OC(C)(C)C.CC(C)(C)O[Si]([O-])(OC(C)(C)C)OC(C)(C)C.CC(C)(C)O[Si]([O-])(OC(C)(C)C)OC(C)(C)C.[Ce+4]. The van der Waals surface area contributed by atoms with Crippen molar-refractivity contribution in [3.8, 4) is 0 Å². The molecular formula is C48H108CeO16Si4. The minimum atomic E-state index is -3.91. The summed E-state index contributed by atoms with van der Waals surface area (Å²) in [5.74, 6) is 0. The Morgan fingerprint density at radius 2 is 0.203 bits per heavy atom. The van der Waals surface area contributed by atoms with Gasteiger partial charge in [-0.05, 0) is 249 Å². The van der Waals surface area contributed by atoms with Gasteiger partial charge in [-0.1, -0.05) is 0 Å². The van der Waals surface area contributed by atoms with E-state index in [9.17, 15) is 19.2 Å². The molecule has 0 bridgehead atoms. The van der Waals surface area contributed by atoms with Crippen LogP contribution in [0.3, 0.4) is 0 Å². The molecule has 21 heteroatoms. The minimum absolute atomic E-state index is 0. The van der Waals surface area contributed by atoms with E-state index in [0.717, 1.165) is 0 Å². The summed E-state index contributed by atoms with van der Waals surface area (Å²) in [7, 11) is -15.6. The van der Waals surface area contributed by atoms with Gasteiger partial charge in [0.05, 0.1) is 67.2 Å². The molecule has 0 radical (unpaired) electrons. The maximum Gasteiger partial charge on any atom is 4.00 e. The van der Waals surface area contributed by atoms with Crippen molar-refractivity contribution in [2.45, 2.75) is 316 Å². The van der Waals surface area contributed by atoms with E-state index in [1.807, 2.05) is 249 Å². The van der Waals surface area contributed by atoms with Crippen molar-refractivity contribution >= 4 is 36.2 Å². The van der Waals surface area contributed by atoms with Gasteiger partial charge in [-0.25, -0.2) is 0 Å². The van der Waals surface area contributed by atoms with Crippen LogP contribution in [0.2, 0.25) is 0 Å². The first-order valence-corrected chi connectivity index (χ1v) is 30.2. The summed E-state index contributed by atoms with van der Waals surface area (Å²) < 4.78 is 66.2. The molecule has 0 aliphatic heterocycles. The quantitative estimate of drug-likeness (QED) is 0.167. The van der Waals surface area contributed by atoms with Crippen LogP contribution in [0.25, 0.3) is 0 Å². The van der Waals surface area contributed by atoms with Crippen molar-refractivity contribution in [3.05, 3.63) is 0 Å². The van der Waals surface area contributed by atoms with Crippen LogP contribution in [0, 0.1) is 41.7 Å². The van der Waals surface area contributed by atoms with E-state index in [1.54, 1.807) is 0 Å². The molecule has 0 saturated heterocycles. The van der Waals surface area contributed by atoms with Crippen LogP contribution in [0.4, 0.5) is 0 Å². The average molecular weight is 1190 g/mol. The van der Waals surface area contributed by atoms with Crippen molar-refractivity contribution in [2.75, 3.05) is 0 Å². The second-order valence-electron chi connectivity index (χ2n) is 28.6. The van der Waals surface area contributed by atoms with Gasteiger partial charge < -0.3 is 72.3 Å². The Balaban J connectivity index is -0.000000263. The molecule has 0 fully saturated rings. The van der Waals surface area contributed by atoms with Crippen LogP contribution >= 0.6 is 0 Å². The van der Waals surface area contributed by atoms with E-state index in [1.165, 1.54) is 0 Å². The van der Waals surface area contributed by atoms with Gasteiger partial charge in [0, 0.05) is 0 Å². The summed E-state index contributed by atoms with van der Waals surface area (Å²) in [5.41, 5.74) is -6.95. The van der Waals surface area contributed by atoms with Gasteiger partial charge in [0.25, 0.3) is 0 Å². The molecule has 0 aliphatic rings. The molecule has 0 heterocycles. The smallest absolute Gasteiger partial charge is 0.793 e. The maximum absolute atomic E-state index is 12.6. The first-order valence-electron chi connectivity index (χ1n) is 23.7. The molecule has 0 aromatic heterocycles. The van der Waals surface area contributed by atoms with E-state index in [-0.39, 0.29) is 41.7 Å². The molecule has 0 spiro atoms. The van der Waals surface area contributed by atoms with Gasteiger partial charge >= 0.3 is 77.9 Å². The van der Waals surface area contributed by atoms with Crippen molar-refractivity contribution in [2.24, 2.45) is 0 Å². The molecule has 416 valence electrons. The van der Waals surface area contributed by atoms with Crippen LogP contribution < -0.4 is 19.2 Å². The van der Waals surface area contributed by atoms with Gasteiger partial charge in [0.15, 0.2) is 0 Å². The standard InChI is InChI=1S/4C12H27O4Si.Ce/c4*1-10(2,3)14-17(13,15-11(4,5)6)16-12(7,8)9;/h4*1-9H3;/q4*-1;+4. The Kier molecular flexibility index (Phi) is 31.4. The van der Waals surface area contributed by atoms with Crippen molar-refractivity contribution in [1.29, 1.82) is 0 Å². The third-order valence-electron chi connectivity index (χ3n) is 5.17. The predicted octanol–water partition coefficient (Wildman–Crippen LogP) is 8.91. The monoisotopic (exact) mass is 1190 g/mol. The third kappa shape index (κ3) is 58.7. The number of hydrogen-bond donors (Lipinski definition) is 0. The fraction of sp³-hybridized carbons (Fsp3) is 1.00. The molecule has 0 saturated carbocycles. The Morgan fingerprint density at radius 1 is 0.159 bits per heavy atom. The minimum Gasteiger partial charge on any atom is -0.793 e. The molecule has 0 atom stereocenters. The molecule has 0 amide bonds. The zero-order valence-electron chi connectivity index (χ0n) is 51.0. The van der Waals surface area contributed by atoms with Gasteiger partial charge in [-0.15, -0.1) is 0 Å². The summed E-state index contributed by atoms with van der Waals surface area (Å²) in [6, 6.07) is 0. The fourth-order valence-corrected chi connectivity index (χ4v) is 14.3. The summed E-state index contributed by atoms with van der Waals surface area (Å²) in [6.45, 7) is 65.7. The molecule has 0 rings (SSSR count).